The van der Waals surface area contributed by atoms with Crippen LogP contribution in [0, 0.1) is 13.8 Å². The van der Waals surface area contributed by atoms with E-state index in [4.69, 9.17) is 17.6 Å². The third kappa shape index (κ3) is 3.93. The number of carbonyl (C=O) groups is 2. The average Bonchev–Trinajstić information content (AvgIpc) is 3.21. The Labute approximate surface area is 161 Å². The van der Waals surface area contributed by atoms with Gasteiger partial charge in [-0.2, -0.15) is 0 Å². The first kappa shape index (κ1) is 16.3. The van der Waals surface area contributed by atoms with Crippen molar-refractivity contribution in [3.8, 4) is 5.75 Å². The van der Waals surface area contributed by atoms with E-state index in [9.17, 15) is 14.7 Å². The van der Waals surface area contributed by atoms with Crippen LogP contribution in [0.15, 0.2) is 28.1 Å². The van der Waals surface area contributed by atoms with Crippen molar-refractivity contribution in [1.82, 2.24) is 10.3 Å². The SMILES string of the molecule is [2H]C([2H])(Oc1ccc2oc(C)c(C(=O)N[C@@H](CO)C(N)=O)c2c1)c1scnc1C. The Kier molecular flexibility index (Phi) is 4.68. The molecule has 0 fully saturated rings. The van der Waals surface area contributed by atoms with Crippen LogP contribution in [0.3, 0.4) is 0 Å². The van der Waals surface area contributed by atoms with E-state index in [0.717, 1.165) is 11.3 Å². The monoisotopic (exact) mass is 391 g/mol. The lowest BCUT2D eigenvalue weighted by Crippen LogP contribution is -2.46. The van der Waals surface area contributed by atoms with Crippen molar-refractivity contribution in [2.24, 2.45) is 5.73 Å². The molecule has 142 valence electrons. The van der Waals surface area contributed by atoms with Gasteiger partial charge in [0, 0.05) is 5.39 Å². The molecule has 2 heterocycles. The minimum atomic E-state index is -2.12. The molecule has 8 nitrogen and oxygen atoms in total. The zero-order chi connectivity index (χ0) is 21.3. The van der Waals surface area contributed by atoms with E-state index < -0.39 is 31.0 Å². The second-order valence-corrected chi connectivity index (χ2v) is 6.63. The van der Waals surface area contributed by atoms with Crippen LogP contribution in [0.4, 0.5) is 0 Å². The van der Waals surface area contributed by atoms with E-state index in [2.05, 4.69) is 10.3 Å². The van der Waals surface area contributed by atoms with Gasteiger partial charge in [0.15, 0.2) is 0 Å². The fourth-order valence-corrected chi connectivity index (χ4v) is 3.12. The third-order valence-electron chi connectivity index (χ3n) is 3.90. The number of nitrogens with zero attached hydrogens (tertiary/aromatic N) is 1. The number of thiazole rings is 1. The zero-order valence-electron chi connectivity index (χ0n) is 16.6. The van der Waals surface area contributed by atoms with Crippen LogP contribution in [0.1, 0.15) is 29.4 Å². The Hall–Kier alpha value is -2.91. The number of rotatable bonds is 7. The molecule has 0 aliphatic heterocycles. The van der Waals surface area contributed by atoms with Gasteiger partial charge in [0.1, 0.15) is 29.7 Å². The molecule has 0 spiro atoms. The third-order valence-corrected chi connectivity index (χ3v) is 4.73. The summed E-state index contributed by atoms with van der Waals surface area (Å²) in [7, 11) is 0. The van der Waals surface area contributed by atoms with E-state index in [1.165, 1.54) is 17.6 Å². The largest absolute Gasteiger partial charge is 0.488 e. The van der Waals surface area contributed by atoms with E-state index in [1.54, 1.807) is 19.9 Å². The highest BCUT2D eigenvalue weighted by atomic mass is 32.1. The number of aromatic nitrogens is 1. The van der Waals surface area contributed by atoms with Crippen LogP contribution < -0.4 is 15.8 Å². The van der Waals surface area contributed by atoms with Crippen molar-refractivity contribution in [3.63, 3.8) is 0 Å². The number of ether oxygens (including phenoxy) is 1. The smallest absolute Gasteiger partial charge is 0.256 e. The maximum absolute atomic E-state index is 12.6. The number of hydrogen-bond acceptors (Lipinski definition) is 7. The Morgan fingerprint density at radius 1 is 1.48 bits per heavy atom. The Balaban J connectivity index is 1.95. The predicted octanol–water partition coefficient (Wildman–Crippen LogP) is 1.66. The number of carbonyl (C=O) groups excluding carboxylic acids is 2. The average molecular weight is 391 g/mol. The van der Waals surface area contributed by atoms with Gasteiger partial charge in [0.25, 0.3) is 5.91 Å². The van der Waals surface area contributed by atoms with Gasteiger partial charge in [-0.05, 0) is 32.0 Å². The predicted molar refractivity (Wildman–Crippen MR) is 99.7 cm³/mol. The number of furan rings is 1. The maximum atomic E-state index is 12.6. The molecule has 3 aromatic rings. The minimum Gasteiger partial charge on any atom is -0.488 e. The summed E-state index contributed by atoms with van der Waals surface area (Å²) in [5.41, 5.74) is 7.74. The molecule has 0 saturated heterocycles. The maximum Gasteiger partial charge on any atom is 0.256 e. The van der Waals surface area contributed by atoms with Crippen LogP contribution in [0.25, 0.3) is 11.0 Å². The van der Waals surface area contributed by atoms with Crippen molar-refractivity contribution in [2.75, 3.05) is 6.61 Å². The molecule has 2 amide bonds. The molecule has 3 rings (SSSR count). The van der Waals surface area contributed by atoms with Crippen LogP contribution in [-0.2, 0) is 11.4 Å². The highest BCUT2D eigenvalue weighted by molar-refractivity contribution is 7.09. The van der Waals surface area contributed by atoms with Crippen molar-refractivity contribution < 1.29 is 26.6 Å². The first-order chi connectivity index (χ1) is 13.6. The van der Waals surface area contributed by atoms with Crippen LogP contribution >= 0.6 is 11.3 Å². The quantitative estimate of drug-likeness (QED) is 0.562. The molecule has 0 bridgehead atoms. The Morgan fingerprint density at radius 2 is 2.26 bits per heavy atom. The Bertz CT molecular complexity index is 1080. The molecule has 0 saturated carbocycles. The van der Waals surface area contributed by atoms with Gasteiger partial charge in [-0.15, -0.1) is 11.3 Å². The molecule has 0 aliphatic carbocycles. The minimum absolute atomic E-state index is 0.139. The van der Waals surface area contributed by atoms with Gasteiger partial charge in [0.2, 0.25) is 5.91 Å². The standard InChI is InChI=1S/C18H19N3O5S/c1-9-15(27-8-20-9)7-25-11-3-4-14-12(5-11)16(10(2)26-14)18(24)21-13(6-22)17(19)23/h3-5,8,13,22H,6-7H2,1-2H3,(H2,19,23)(H,21,24)/t13-/m0/s1/i7D2. The lowest BCUT2D eigenvalue weighted by Gasteiger charge is -2.12. The van der Waals surface area contributed by atoms with Crippen molar-refractivity contribution in [3.05, 3.63) is 45.6 Å². The van der Waals surface area contributed by atoms with Gasteiger partial charge in [0.05, 0.1) is 31.0 Å². The number of aliphatic hydroxyl groups excluding tert-OH is 1. The number of aliphatic hydroxyl groups is 1. The molecule has 0 aliphatic rings. The second-order valence-electron chi connectivity index (χ2n) is 5.77. The summed E-state index contributed by atoms with van der Waals surface area (Å²) in [6.07, 6.45) is 0. The van der Waals surface area contributed by atoms with Gasteiger partial charge < -0.3 is 25.3 Å². The summed E-state index contributed by atoms with van der Waals surface area (Å²) >= 11 is 1.14. The molecule has 0 unspecified atom stereocenters. The normalized spacial score (nSPS) is 13.7. The fraction of sp³-hybridized carbons (Fsp3) is 0.278. The number of amides is 2. The number of nitrogens with two attached hydrogens (primary N) is 1. The van der Waals surface area contributed by atoms with E-state index in [-0.39, 0.29) is 17.1 Å². The summed E-state index contributed by atoms with van der Waals surface area (Å²) in [4.78, 5) is 28.3. The van der Waals surface area contributed by atoms with E-state index >= 15 is 0 Å². The number of primary amides is 1. The zero-order valence-corrected chi connectivity index (χ0v) is 15.4. The summed E-state index contributed by atoms with van der Waals surface area (Å²) < 4.78 is 27.5. The summed E-state index contributed by atoms with van der Waals surface area (Å²) in [6, 6.07) is 3.32. The van der Waals surface area contributed by atoms with Crippen LogP contribution in [0.2, 0.25) is 0 Å². The topological polar surface area (TPSA) is 128 Å². The first-order valence-corrected chi connectivity index (χ1v) is 8.85. The molecule has 1 atom stereocenters. The Morgan fingerprint density at radius 3 is 2.89 bits per heavy atom. The number of benzene rings is 1. The molecular weight excluding hydrogens is 370 g/mol. The van der Waals surface area contributed by atoms with Gasteiger partial charge >= 0.3 is 0 Å². The van der Waals surface area contributed by atoms with Gasteiger partial charge in [-0.25, -0.2) is 4.98 Å². The van der Waals surface area contributed by atoms with Crippen molar-refractivity contribution in [2.45, 2.75) is 26.4 Å². The molecule has 2 aromatic heterocycles. The number of fused-ring (bicyclic) bond motifs is 1. The number of hydrogen-bond donors (Lipinski definition) is 3. The summed E-state index contributed by atoms with van der Waals surface area (Å²) in [6.45, 7) is 0.509. The highest BCUT2D eigenvalue weighted by Gasteiger charge is 2.23. The highest BCUT2D eigenvalue weighted by Crippen LogP contribution is 2.30. The lowest BCUT2D eigenvalue weighted by atomic mass is 10.1. The van der Waals surface area contributed by atoms with Crippen LogP contribution in [-0.4, -0.2) is 34.6 Å². The fourth-order valence-electron chi connectivity index (χ4n) is 2.49. The number of aryl methyl sites for hydroxylation is 2. The van der Waals surface area contributed by atoms with Gasteiger partial charge in [-0.1, -0.05) is 0 Å². The molecule has 4 N–H and O–H groups in total. The molecular formula is C18H19N3O5S. The summed E-state index contributed by atoms with van der Waals surface area (Å²) in [5.74, 6) is -1.06. The molecule has 1 aromatic carbocycles. The second kappa shape index (κ2) is 7.77. The van der Waals surface area contributed by atoms with E-state index in [1.807, 2.05) is 0 Å². The number of nitrogens with one attached hydrogen (secondary N) is 1. The molecule has 0 radical (unpaired) electrons. The summed E-state index contributed by atoms with van der Waals surface area (Å²) in [5, 5.41) is 11.9. The van der Waals surface area contributed by atoms with Gasteiger partial charge in [-0.3, -0.25) is 9.59 Å². The first-order valence-electron chi connectivity index (χ1n) is 8.97. The van der Waals surface area contributed by atoms with Crippen molar-refractivity contribution in [1.29, 1.82) is 0 Å². The van der Waals surface area contributed by atoms with E-state index in [0.29, 0.717) is 21.5 Å². The lowest BCUT2D eigenvalue weighted by molar-refractivity contribution is -0.120. The molecule has 9 heteroatoms. The van der Waals surface area contributed by atoms with Crippen molar-refractivity contribution >= 4 is 34.1 Å². The molecule has 27 heavy (non-hydrogen) atoms. The van der Waals surface area contributed by atoms with Crippen LogP contribution in [0.5, 0.6) is 5.75 Å².